The molecular weight excluding hydrogens is 474 g/mol. The summed E-state index contributed by atoms with van der Waals surface area (Å²) in [5.74, 6) is -0.594. The number of rotatable bonds is 11. The fourth-order valence-corrected chi connectivity index (χ4v) is 5.50. The van der Waals surface area contributed by atoms with Gasteiger partial charge in [0.05, 0.1) is 11.9 Å². The van der Waals surface area contributed by atoms with Gasteiger partial charge in [-0.3, -0.25) is 13.9 Å². The van der Waals surface area contributed by atoms with Crippen LogP contribution in [0.15, 0.2) is 54.6 Å². The number of nitrogens with zero attached hydrogens (tertiary/aromatic N) is 2. The van der Waals surface area contributed by atoms with Crippen LogP contribution in [0.3, 0.4) is 0 Å². The van der Waals surface area contributed by atoms with E-state index < -0.39 is 22.0 Å². The van der Waals surface area contributed by atoms with Crippen molar-refractivity contribution in [3.63, 3.8) is 0 Å². The van der Waals surface area contributed by atoms with Gasteiger partial charge in [0.2, 0.25) is 21.8 Å². The second kappa shape index (κ2) is 12.9. The van der Waals surface area contributed by atoms with Crippen molar-refractivity contribution in [2.45, 2.75) is 70.9 Å². The summed E-state index contributed by atoms with van der Waals surface area (Å²) in [6, 6.07) is 16.4. The Morgan fingerprint density at radius 3 is 2.19 bits per heavy atom. The first kappa shape index (κ1) is 27.7. The lowest BCUT2D eigenvalue weighted by atomic mass is 9.95. The van der Waals surface area contributed by atoms with Gasteiger partial charge in [0.15, 0.2) is 0 Å². The average molecular weight is 514 g/mol. The Morgan fingerprint density at radius 1 is 0.972 bits per heavy atom. The molecule has 0 bridgehead atoms. The highest BCUT2D eigenvalue weighted by molar-refractivity contribution is 7.92. The van der Waals surface area contributed by atoms with Crippen molar-refractivity contribution >= 4 is 27.5 Å². The molecule has 0 aromatic heterocycles. The van der Waals surface area contributed by atoms with Gasteiger partial charge in [-0.25, -0.2) is 8.42 Å². The van der Waals surface area contributed by atoms with Gasteiger partial charge in [0, 0.05) is 12.6 Å². The maximum atomic E-state index is 13.6. The molecule has 0 unspecified atom stereocenters. The number of sulfonamides is 1. The van der Waals surface area contributed by atoms with Crippen molar-refractivity contribution in [1.82, 2.24) is 10.2 Å². The van der Waals surface area contributed by atoms with Gasteiger partial charge in [-0.15, -0.1) is 0 Å². The average Bonchev–Trinajstić information content (AvgIpc) is 2.88. The van der Waals surface area contributed by atoms with Gasteiger partial charge in [-0.05, 0) is 55.9 Å². The SMILES string of the molecule is CCc1ccc(N(CC(=O)N(CCc2ccccc2)[C@H](C)C(=O)NC2CCCCC2)S(C)(=O)=O)cc1. The molecule has 2 amide bonds. The van der Waals surface area contributed by atoms with Crippen LogP contribution in [0.25, 0.3) is 0 Å². The second-order valence-corrected chi connectivity index (χ2v) is 11.5. The molecule has 3 rings (SSSR count). The molecule has 0 heterocycles. The number of hydrogen-bond acceptors (Lipinski definition) is 4. The Bertz CT molecular complexity index is 1100. The molecule has 1 aliphatic rings. The first-order chi connectivity index (χ1) is 17.2. The molecular formula is C28H39N3O4S. The summed E-state index contributed by atoms with van der Waals surface area (Å²) >= 11 is 0. The Morgan fingerprint density at radius 2 is 1.61 bits per heavy atom. The van der Waals surface area contributed by atoms with Gasteiger partial charge >= 0.3 is 0 Å². The molecule has 0 aliphatic heterocycles. The monoisotopic (exact) mass is 513 g/mol. The molecule has 2 aromatic carbocycles. The van der Waals surface area contributed by atoms with E-state index in [4.69, 9.17) is 0 Å². The quantitative estimate of drug-likeness (QED) is 0.493. The zero-order valence-electron chi connectivity index (χ0n) is 21.7. The summed E-state index contributed by atoms with van der Waals surface area (Å²) in [6.07, 6.45) is 7.77. The Kier molecular flexibility index (Phi) is 9.93. The summed E-state index contributed by atoms with van der Waals surface area (Å²) in [4.78, 5) is 28.3. The van der Waals surface area contributed by atoms with E-state index in [1.54, 1.807) is 19.1 Å². The standard InChI is InChI=1S/C28H39N3O4S/c1-4-23-15-17-26(18-16-23)31(36(3,34)35)21-27(32)30(20-19-24-11-7-5-8-12-24)22(2)28(33)29-25-13-9-6-10-14-25/h5,7-8,11-12,15-18,22,25H,4,6,9-10,13-14,19-21H2,1-3H3,(H,29,33)/t22-/m1/s1. The number of carbonyl (C=O) groups is 2. The van der Waals surface area contributed by atoms with Crippen molar-refractivity contribution < 1.29 is 18.0 Å². The molecule has 1 saturated carbocycles. The lowest BCUT2D eigenvalue weighted by Gasteiger charge is -2.33. The summed E-state index contributed by atoms with van der Waals surface area (Å²) in [6.45, 7) is 3.70. The van der Waals surface area contributed by atoms with E-state index >= 15 is 0 Å². The zero-order valence-corrected chi connectivity index (χ0v) is 22.5. The molecule has 196 valence electrons. The third-order valence-corrected chi connectivity index (χ3v) is 8.06. The van der Waals surface area contributed by atoms with E-state index in [1.807, 2.05) is 49.4 Å². The Hall–Kier alpha value is -2.87. The molecule has 0 radical (unpaired) electrons. The summed E-state index contributed by atoms with van der Waals surface area (Å²) < 4.78 is 26.5. The molecule has 0 saturated heterocycles. The summed E-state index contributed by atoms with van der Waals surface area (Å²) in [5.41, 5.74) is 2.56. The minimum atomic E-state index is -3.72. The number of carbonyl (C=O) groups excluding carboxylic acids is 2. The molecule has 1 N–H and O–H groups in total. The van der Waals surface area contributed by atoms with E-state index in [1.165, 1.54) is 11.3 Å². The van der Waals surface area contributed by atoms with Crippen LogP contribution in [-0.4, -0.2) is 56.6 Å². The van der Waals surface area contributed by atoms with Crippen molar-refractivity contribution in [3.8, 4) is 0 Å². The Labute approximate surface area is 215 Å². The van der Waals surface area contributed by atoms with Crippen LogP contribution in [0.2, 0.25) is 0 Å². The Balaban J connectivity index is 1.80. The first-order valence-corrected chi connectivity index (χ1v) is 14.7. The van der Waals surface area contributed by atoms with Gasteiger partial charge < -0.3 is 10.2 Å². The fraction of sp³-hybridized carbons (Fsp3) is 0.500. The minimum absolute atomic E-state index is 0.129. The van der Waals surface area contributed by atoms with Gasteiger partial charge in [0.25, 0.3) is 0 Å². The van der Waals surface area contributed by atoms with Crippen molar-refractivity contribution in [2.24, 2.45) is 0 Å². The maximum absolute atomic E-state index is 13.6. The predicted octanol–water partition coefficient (Wildman–Crippen LogP) is 3.92. The highest BCUT2D eigenvalue weighted by Gasteiger charge is 2.30. The number of amides is 2. The molecule has 2 aromatic rings. The largest absolute Gasteiger partial charge is 0.352 e. The number of hydrogen-bond donors (Lipinski definition) is 1. The molecule has 1 atom stereocenters. The molecule has 1 aliphatic carbocycles. The van der Waals surface area contributed by atoms with E-state index in [2.05, 4.69) is 5.32 Å². The van der Waals surface area contributed by atoms with E-state index in [0.29, 0.717) is 18.7 Å². The van der Waals surface area contributed by atoms with E-state index in [9.17, 15) is 18.0 Å². The molecule has 7 nitrogen and oxygen atoms in total. The van der Waals surface area contributed by atoms with Crippen molar-refractivity contribution in [1.29, 1.82) is 0 Å². The summed E-state index contributed by atoms with van der Waals surface area (Å²) in [5, 5.41) is 3.12. The number of anilines is 1. The lowest BCUT2D eigenvalue weighted by molar-refractivity contribution is -0.139. The molecule has 8 heteroatoms. The lowest BCUT2D eigenvalue weighted by Crippen LogP contribution is -2.53. The van der Waals surface area contributed by atoms with Gasteiger partial charge in [-0.1, -0.05) is 68.7 Å². The van der Waals surface area contributed by atoms with Gasteiger partial charge in [-0.2, -0.15) is 0 Å². The van der Waals surface area contributed by atoms with E-state index in [0.717, 1.165) is 53.8 Å². The zero-order chi connectivity index (χ0) is 26.1. The highest BCUT2D eigenvalue weighted by Crippen LogP contribution is 2.20. The van der Waals surface area contributed by atoms with Crippen LogP contribution >= 0.6 is 0 Å². The van der Waals surface area contributed by atoms with Gasteiger partial charge in [0.1, 0.15) is 12.6 Å². The minimum Gasteiger partial charge on any atom is -0.352 e. The van der Waals surface area contributed by atoms with Crippen molar-refractivity contribution in [3.05, 3.63) is 65.7 Å². The van der Waals surface area contributed by atoms with Crippen LogP contribution < -0.4 is 9.62 Å². The van der Waals surface area contributed by atoms with Crippen LogP contribution in [0.1, 0.15) is 57.1 Å². The molecule has 0 spiro atoms. The van der Waals surface area contributed by atoms with Crippen LogP contribution in [-0.2, 0) is 32.5 Å². The smallest absolute Gasteiger partial charge is 0.244 e. The number of benzene rings is 2. The highest BCUT2D eigenvalue weighted by atomic mass is 32.2. The second-order valence-electron chi connectivity index (χ2n) is 9.63. The topological polar surface area (TPSA) is 86.8 Å². The third-order valence-electron chi connectivity index (χ3n) is 6.91. The number of nitrogens with one attached hydrogen (secondary N) is 1. The normalized spacial score (nSPS) is 15.2. The first-order valence-electron chi connectivity index (χ1n) is 12.9. The predicted molar refractivity (Wildman–Crippen MR) is 144 cm³/mol. The van der Waals surface area contributed by atoms with Crippen LogP contribution in [0.5, 0.6) is 0 Å². The third kappa shape index (κ3) is 7.82. The molecule has 1 fully saturated rings. The van der Waals surface area contributed by atoms with Crippen molar-refractivity contribution in [2.75, 3.05) is 23.7 Å². The van der Waals surface area contributed by atoms with Crippen LogP contribution in [0, 0.1) is 0 Å². The van der Waals surface area contributed by atoms with Crippen LogP contribution in [0.4, 0.5) is 5.69 Å². The fourth-order valence-electron chi connectivity index (χ4n) is 4.65. The number of aryl methyl sites for hydroxylation is 1. The summed E-state index contributed by atoms with van der Waals surface area (Å²) in [7, 11) is -3.72. The van der Waals surface area contributed by atoms with E-state index in [-0.39, 0.29) is 18.5 Å². The molecule has 36 heavy (non-hydrogen) atoms. The maximum Gasteiger partial charge on any atom is 0.244 e.